The standard InChI is InChI=1S/C36H44N4O4/c1-24-9-11-26(12-10-24)33-8-4-7-31(44-33)13-14-32-25(2)34(38-23-37-32)35(41)39-19-16-30(17-20-39)40-18-15-29(22-40)27-5-3-6-28(21-27)36(42)43/h3,5-6,9-12,21,23,29-31,33H,4,7-8,13-20,22H2,1-2H3,(H,42,43)/t29?,31-,33+/m1/s1. The van der Waals surface area contributed by atoms with Gasteiger partial charge in [0.25, 0.3) is 5.91 Å². The maximum absolute atomic E-state index is 13.6. The van der Waals surface area contributed by atoms with E-state index >= 15 is 0 Å². The molecule has 3 saturated heterocycles. The third-order valence-electron chi connectivity index (χ3n) is 9.99. The zero-order chi connectivity index (χ0) is 30.6. The van der Waals surface area contributed by atoms with Crippen molar-refractivity contribution in [3.8, 4) is 0 Å². The number of carbonyl (C=O) groups is 2. The number of carboxylic acid groups (broad SMARTS) is 1. The zero-order valence-electron chi connectivity index (χ0n) is 26.0. The number of ether oxygens (including phenoxy) is 1. The summed E-state index contributed by atoms with van der Waals surface area (Å²) in [6.07, 6.45) is 9.71. The highest BCUT2D eigenvalue weighted by Crippen LogP contribution is 2.34. The molecule has 3 aliphatic rings. The molecule has 0 saturated carbocycles. The van der Waals surface area contributed by atoms with Crippen LogP contribution in [0.4, 0.5) is 0 Å². The lowest BCUT2D eigenvalue weighted by molar-refractivity contribution is -0.0547. The highest BCUT2D eigenvalue weighted by atomic mass is 16.5. The number of nitrogens with zero attached hydrogens (tertiary/aromatic N) is 4. The molecule has 3 atom stereocenters. The van der Waals surface area contributed by atoms with Gasteiger partial charge in [0.1, 0.15) is 12.0 Å². The van der Waals surface area contributed by atoms with Gasteiger partial charge in [-0.15, -0.1) is 0 Å². The molecule has 1 unspecified atom stereocenters. The SMILES string of the molecule is Cc1ccc([C@@H]2CCC[C@H](CCc3ncnc(C(=O)N4CCC(N5CCC(c6cccc(C(=O)O)c6)C5)CC4)c3C)O2)cc1. The Kier molecular flexibility index (Phi) is 9.38. The summed E-state index contributed by atoms with van der Waals surface area (Å²) in [6.45, 7) is 7.47. The highest BCUT2D eigenvalue weighted by Gasteiger charge is 2.33. The van der Waals surface area contributed by atoms with Crippen molar-refractivity contribution in [3.63, 3.8) is 0 Å². The normalized spacial score (nSPS) is 23.1. The van der Waals surface area contributed by atoms with Crippen molar-refractivity contribution >= 4 is 11.9 Å². The number of piperidine rings is 1. The Balaban J connectivity index is 1.01. The Labute approximate surface area is 260 Å². The van der Waals surface area contributed by atoms with Gasteiger partial charge in [-0.05, 0) is 101 Å². The van der Waals surface area contributed by atoms with E-state index in [9.17, 15) is 14.7 Å². The van der Waals surface area contributed by atoms with Crippen molar-refractivity contribution < 1.29 is 19.4 Å². The first-order chi connectivity index (χ1) is 21.4. The lowest BCUT2D eigenvalue weighted by atomic mass is 9.95. The highest BCUT2D eigenvalue weighted by molar-refractivity contribution is 5.93. The van der Waals surface area contributed by atoms with E-state index in [-0.39, 0.29) is 18.1 Å². The fourth-order valence-electron chi connectivity index (χ4n) is 7.29. The fraction of sp³-hybridized carbons (Fsp3) is 0.500. The van der Waals surface area contributed by atoms with E-state index in [4.69, 9.17) is 4.74 Å². The zero-order valence-corrected chi connectivity index (χ0v) is 26.0. The molecule has 3 aliphatic heterocycles. The Bertz CT molecular complexity index is 1470. The maximum atomic E-state index is 13.6. The molecule has 1 N–H and O–H groups in total. The number of amides is 1. The van der Waals surface area contributed by atoms with Gasteiger partial charge in [0.05, 0.1) is 17.8 Å². The van der Waals surface area contributed by atoms with Crippen LogP contribution in [-0.4, -0.2) is 75.1 Å². The Morgan fingerprint density at radius 1 is 0.932 bits per heavy atom. The molecule has 8 nitrogen and oxygen atoms in total. The van der Waals surface area contributed by atoms with E-state index in [2.05, 4.69) is 46.1 Å². The van der Waals surface area contributed by atoms with Crippen molar-refractivity contribution in [2.75, 3.05) is 26.2 Å². The van der Waals surface area contributed by atoms with Crippen LogP contribution >= 0.6 is 0 Å². The van der Waals surface area contributed by atoms with Crippen molar-refractivity contribution in [2.45, 2.75) is 89.4 Å². The van der Waals surface area contributed by atoms with Crippen molar-refractivity contribution in [1.29, 1.82) is 0 Å². The second-order valence-corrected chi connectivity index (χ2v) is 12.9. The summed E-state index contributed by atoms with van der Waals surface area (Å²) in [4.78, 5) is 38.5. The quantitative estimate of drug-likeness (QED) is 0.334. The van der Waals surface area contributed by atoms with Gasteiger partial charge in [-0.25, -0.2) is 14.8 Å². The molecule has 1 aromatic heterocycles. The maximum Gasteiger partial charge on any atom is 0.335 e. The number of aryl methyl sites for hydroxylation is 2. The van der Waals surface area contributed by atoms with Gasteiger partial charge in [0.15, 0.2) is 0 Å². The van der Waals surface area contributed by atoms with Crippen LogP contribution in [0.5, 0.6) is 0 Å². The van der Waals surface area contributed by atoms with Gasteiger partial charge in [0.2, 0.25) is 0 Å². The Hall–Kier alpha value is -3.62. The van der Waals surface area contributed by atoms with Crippen LogP contribution in [0.2, 0.25) is 0 Å². The predicted molar refractivity (Wildman–Crippen MR) is 169 cm³/mol. The smallest absolute Gasteiger partial charge is 0.335 e. The van der Waals surface area contributed by atoms with E-state index < -0.39 is 5.97 Å². The second-order valence-electron chi connectivity index (χ2n) is 12.9. The molecule has 2 aromatic carbocycles. The van der Waals surface area contributed by atoms with Crippen LogP contribution in [0.3, 0.4) is 0 Å². The summed E-state index contributed by atoms with van der Waals surface area (Å²) >= 11 is 0. The third kappa shape index (κ3) is 6.87. The molecule has 232 valence electrons. The minimum absolute atomic E-state index is 0.00253. The molecule has 4 heterocycles. The molecule has 0 radical (unpaired) electrons. The van der Waals surface area contributed by atoms with Crippen molar-refractivity contribution in [1.82, 2.24) is 19.8 Å². The first kappa shape index (κ1) is 30.4. The average Bonchev–Trinajstić information content (AvgIpc) is 3.55. The van der Waals surface area contributed by atoms with Crippen LogP contribution in [0.15, 0.2) is 54.9 Å². The molecule has 3 fully saturated rings. The van der Waals surface area contributed by atoms with Gasteiger partial charge in [-0.2, -0.15) is 0 Å². The number of hydrogen-bond acceptors (Lipinski definition) is 6. The molecule has 0 bridgehead atoms. The summed E-state index contributed by atoms with van der Waals surface area (Å²) in [5, 5.41) is 9.37. The van der Waals surface area contributed by atoms with E-state index in [1.807, 2.05) is 30.0 Å². The second kappa shape index (κ2) is 13.6. The van der Waals surface area contributed by atoms with Gasteiger partial charge in [-0.1, -0.05) is 42.0 Å². The minimum atomic E-state index is -0.880. The summed E-state index contributed by atoms with van der Waals surface area (Å²) in [5.41, 5.74) is 6.32. The van der Waals surface area contributed by atoms with Crippen LogP contribution < -0.4 is 0 Å². The number of aromatic nitrogens is 2. The molecule has 44 heavy (non-hydrogen) atoms. The molecule has 3 aromatic rings. The monoisotopic (exact) mass is 596 g/mol. The van der Waals surface area contributed by atoms with Crippen LogP contribution in [-0.2, 0) is 11.2 Å². The molecule has 0 aliphatic carbocycles. The number of carboxylic acids is 1. The summed E-state index contributed by atoms with van der Waals surface area (Å²) < 4.78 is 6.50. The molecule has 6 rings (SSSR count). The lowest BCUT2D eigenvalue weighted by Gasteiger charge is -2.37. The van der Waals surface area contributed by atoms with Gasteiger partial charge in [0, 0.05) is 36.9 Å². The van der Waals surface area contributed by atoms with E-state index in [0.29, 0.717) is 36.3 Å². The number of aromatic carboxylic acids is 1. The van der Waals surface area contributed by atoms with Crippen LogP contribution in [0, 0.1) is 13.8 Å². The number of rotatable bonds is 8. The average molecular weight is 597 g/mol. The Morgan fingerprint density at radius 2 is 1.73 bits per heavy atom. The van der Waals surface area contributed by atoms with Crippen molar-refractivity contribution in [2.24, 2.45) is 0 Å². The number of hydrogen-bond donors (Lipinski definition) is 1. The largest absolute Gasteiger partial charge is 0.478 e. The number of likely N-dealkylation sites (tertiary alicyclic amines) is 2. The molecular weight excluding hydrogens is 552 g/mol. The fourth-order valence-corrected chi connectivity index (χ4v) is 7.29. The van der Waals surface area contributed by atoms with E-state index in [1.54, 1.807) is 12.4 Å². The first-order valence-corrected chi connectivity index (χ1v) is 16.2. The van der Waals surface area contributed by atoms with Gasteiger partial charge in [-0.3, -0.25) is 9.69 Å². The lowest BCUT2D eigenvalue weighted by Crippen LogP contribution is -2.46. The van der Waals surface area contributed by atoms with E-state index in [1.165, 1.54) is 11.1 Å². The molecular formula is C36H44N4O4. The topological polar surface area (TPSA) is 95.9 Å². The minimum Gasteiger partial charge on any atom is -0.478 e. The molecule has 1 amide bonds. The van der Waals surface area contributed by atoms with Crippen LogP contribution in [0.25, 0.3) is 0 Å². The molecule has 0 spiro atoms. The van der Waals surface area contributed by atoms with Gasteiger partial charge >= 0.3 is 5.97 Å². The summed E-state index contributed by atoms with van der Waals surface area (Å²) in [5.74, 6) is -0.527. The van der Waals surface area contributed by atoms with Gasteiger partial charge < -0.3 is 14.7 Å². The Morgan fingerprint density at radius 3 is 2.50 bits per heavy atom. The third-order valence-corrected chi connectivity index (χ3v) is 9.99. The predicted octanol–water partition coefficient (Wildman–Crippen LogP) is 6.13. The number of carbonyl (C=O) groups excluding carboxylic acids is 1. The molecule has 8 heteroatoms. The number of benzene rings is 2. The van der Waals surface area contributed by atoms with Crippen molar-refractivity contribution in [3.05, 3.63) is 94.1 Å². The van der Waals surface area contributed by atoms with E-state index in [0.717, 1.165) is 81.3 Å². The summed E-state index contributed by atoms with van der Waals surface area (Å²) in [7, 11) is 0. The van der Waals surface area contributed by atoms with Crippen LogP contribution in [0.1, 0.15) is 106 Å². The first-order valence-electron chi connectivity index (χ1n) is 16.2. The summed E-state index contributed by atoms with van der Waals surface area (Å²) in [6, 6.07) is 16.5.